The number of benzene rings is 1. The Morgan fingerprint density at radius 2 is 2.10 bits per heavy atom. The van der Waals surface area contributed by atoms with Crippen molar-refractivity contribution in [3.8, 4) is 0 Å². The lowest BCUT2D eigenvalue weighted by Gasteiger charge is -2.21. The third kappa shape index (κ3) is 3.81. The van der Waals surface area contributed by atoms with Crippen LogP contribution in [0.15, 0.2) is 27.6 Å². The van der Waals surface area contributed by atoms with E-state index in [2.05, 4.69) is 15.9 Å². The lowest BCUT2D eigenvalue weighted by molar-refractivity contribution is -0.387. The molecular formula is C13H17BrN2O4S. The molecule has 0 aromatic heterocycles. The molecule has 0 saturated heterocycles. The van der Waals surface area contributed by atoms with Gasteiger partial charge in [-0.25, -0.2) is 8.42 Å². The van der Waals surface area contributed by atoms with Crippen molar-refractivity contribution in [2.75, 3.05) is 13.1 Å². The minimum absolute atomic E-state index is 0.240. The summed E-state index contributed by atoms with van der Waals surface area (Å²) in [4.78, 5) is 10.2. The molecular weight excluding hydrogens is 360 g/mol. The second kappa shape index (κ2) is 6.41. The summed E-state index contributed by atoms with van der Waals surface area (Å²) in [6.45, 7) is 2.72. The number of nitro benzene ring substituents is 1. The number of nitro groups is 1. The number of halogens is 1. The van der Waals surface area contributed by atoms with Crippen LogP contribution in [0.3, 0.4) is 0 Å². The highest BCUT2D eigenvalue weighted by atomic mass is 79.9. The van der Waals surface area contributed by atoms with Gasteiger partial charge >= 0.3 is 0 Å². The van der Waals surface area contributed by atoms with E-state index >= 15 is 0 Å². The van der Waals surface area contributed by atoms with Gasteiger partial charge in [0, 0.05) is 23.6 Å². The monoisotopic (exact) mass is 376 g/mol. The highest BCUT2D eigenvalue weighted by molar-refractivity contribution is 9.10. The van der Waals surface area contributed by atoms with E-state index in [0.717, 1.165) is 12.8 Å². The highest BCUT2D eigenvalue weighted by Crippen LogP contribution is 2.34. The molecule has 21 heavy (non-hydrogen) atoms. The predicted molar refractivity (Wildman–Crippen MR) is 82.6 cm³/mol. The van der Waals surface area contributed by atoms with Crippen LogP contribution in [0, 0.1) is 16.0 Å². The fourth-order valence-corrected chi connectivity index (χ4v) is 4.44. The Hall–Kier alpha value is -0.990. The van der Waals surface area contributed by atoms with Crippen LogP contribution in [-0.2, 0) is 10.0 Å². The minimum Gasteiger partial charge on any atom is -0.258 e. The Bertz CT molecular complexity index is 644. The second-order valence-electron chi connectivity index (χ2n) is 5.18. The van der Waals surface area contributed by atoms with Gasteiger partial charge in [0.05, 0.1) is 4.92 Å². The van der Waals surface area contributed by atoms with Crippen LogP contribution < -0.4 is 0 Å². The summed E-state index contributed by atoms with van der Waals surface area (Å²) in [7, 11) is -3.85. The van der Waals surface area contributed by atoms with Crippen molar-refractivity contribution in [3.63, 3.8) is 0 Å². The molecule has 0 bridgehead atoms. The maximum atomic E-state index is 12.8. The molecule has 0 amide bonds. The highest BCUT2D eigenvalue weighted by Gasteiger charge is 2.35. The molecule has 0 spiro atoms. The summed E-state index contributed by atoms with van der Waals surface area (Å²) < 4.78 is 27.4. The van der Waals surface area contributed by atoms with Crippen molar-refractivity contribution in [1.29, 1.82) is 0 Å². The van der Waals surface area contributed by atoms with E-state index in [9.17, 15) is 18.5 Å². The van der Waals surface area contributed by atoms with Gasteiger partial charge in [-0.3, -0.25) is 10.1 Å². The van der Waals surface area contributed by atoms with Gasteiger partial charge in [0.15, 0.2) is 4.90 Å². The predicted octanol–water partition coefficient (Wildman–Crippen LogP) is 3.17. The number of hydrogen-bond donors (Lipinski definition) is 0. The summed E-state index contributed by atoms with van der Waals surface area (Å²) >= 11 is 3.18. The summed E-state index contributed by atoms with van der Waals surface area (Å²) in [5, 5.41) is 11.1. The van der Waals surface area contributed by atoms with Crippen LogP contribution in [0.4, 0.5) is 5.69 Å². The molecule has 0 heterocycles. The molecule has 1 fully saturated rings. The lowest BCUT2D eigenvalue weighted by atomic mass is 10.3. The van der Waals surface area contributed by atoms with Gasteiger partial charge < -0.3 is 0 Å². The first-order chi connectivity index (χ1) is 9.86. The maximum absolute atomic E-state index is 12.8. The van der Waals surface area contributed by atoms with Gasteiger partial charge in [-0.15, -0.1) is 0 Å². The summed E-state index contributed by atoms with van der Waals surface area (Å²) in [6, 6.07) is 4.00. The molecule has 8 heteroatoms. The van der Waals surface area contributed by atoms with Crippen molar-refractivity contribution in [1.82, 2.24) is 4.31 Å². The van der Waals surface area contributed by atoms with Gasteiger partial charge in [0.25, 0.3) is 5.69 Å². The van der Waals surface area contributed by atoms with Gasteiger partial charge in [0.1, 0.15) is 0 Å². The van der Waals surface area contributed by atoms with Crippen molar-refractivity contribution < 1.29 is 13.3 Å². The lowest BCUT2D eigenvalue weighted by Crippen LogP contribution is -2.34. The van der Waals surface area contributed by atoms with Gasteiger partial charge in [-0.1, -0.05) is 22.9 Å². The molecule has 0 aliphatic heterocycles. The van der Waals surface area contributed by atoms with E-state index in [1.165, 1.54) is 22.5 Å². The number of sulfonamides is 1. The summed E-state index contributed by atoms with van der Waals surface area (Å²) in [6.07, 6.45) is 2.72. The van der Waals surface area contributed by atoms with Crippen molar-refractivity contribution in [2.45, 2.75) is 31.1 Å². The van der Waals surface area contributed by atoms with Crippen LogP contribution in [0.1, 0.15) is 26.2 Å². The Labute approximate surface area is 132 Å². The Morgan fingerprint density at radius 1 is 1.43 bits per heavy atom. The topological polar surface area (TPSA) is 80.5 Å². The fraction of sp³-hybridized carbons (Fsp3) is 0.538. The second-order valence-corrected chi connectivity index (χ2v) is 8.00. The van der Waals surface area contributed by atoms with Crippen LogP contribution in [0.2, 0.25) is 0 Å². The van der Waals surface area contributed by atoms with E-state index in [4.69, 9.17) is 0 Å². The summed E-state index contributed by atoms with van der Waals surface area (Å²) in [5.41, 5.74) is -0.380. The van der Waals surface area contributed by atoms with Gasteiger partial charge in [0.2, 0.25) is 10.0 Å². The first-order valence-corrected chi connectivity index (χ1v) is 9.03. The molecule has 1 aliphatic rings. The molecule has 1 saturated carbocycles. The van der Waals surface area contributed by atoms with Crippen molar-refractivity contribution >= 4 is 31.6 Å². The Kier molecular flexibility index (Phi) is 5.00. The van der Waals surface area contributed by atoms with Gasteiger partial charge in [-0.05, 0) is 37.3 Å². The number of rotatable bonds is 7. The van der Waals surface area contributed by atoms with E-state index < -0.39 is 14.9 Å². The van der Waals surface area contributed by atoms with Crippen LogP contribution >= 0.6 is 15.9 Å². The molecule has 116 valence electrons. The zero-order valence-electron chi connectivity index (χ0n) is 11.7. The van der Waals surface area contributed by atoms with Gasteiger partial charge in [-0.2, -0.15) is 4.31 Å². The maximum Gasteiger partial charge on any atom is 0.289 e. The first-order valence-electron chi connectivity index (χ1n) is 6.80. The first kappa shape index (κ1) is 16.4. The van der Waals surface area contributed by atoms with E-state index in [1.54, 1.807) is 0 Å². The average molecular weight is 377 g/mol. The van der Waals surface area contributed by atoms with E-state index in [0.29, 0.717) is 29.9 Å². The van der Waals surface area contributed by atoms with E-state index in [1.807, 2.05) is 6.92 Å². The van der Waals surface area contributed by atoms with E-state index in [-0.39, 0.29) is 10.6 Å². The molecule has 0 unspecified atom stereocenters. The van der Waals surface area contributed by atoms with Crippen LogP contribution in [-0.4, -0.2) is 30.7 Å². The molecule has 6 nitrogen and oxygen atoms in total. The number of hydrogen-bond acceptors (Lipinski definition) is 4. The zero-order chi connectivity index (χ0) is 15.6. The SMILES string of the molecule is CCCN(CC1CC1)S(=O)(=O)c1cc(Br)ccc1[N+](=O)[O-]. The third-order valence-electron chi connectivity index (χ3n) is 3.37. The average Bonchev–Trinajstić information content (AvgIpc) is 3.21. The minimum atomic E-state index is -3.85. The largest absolute Gasteiger partial charge is 0.289 e. The molecule has 0 atom stereocenters. The summed E-state index contributed by atoms with van der Waals surface area (Å²) in [5.74, 6) is 0.387. The molecule has 2 rings (SSSR count). The Balaban J connectivity index is 2.44. The molecule has 1 aliphatic carbocycles. The molecule has 0 radical (unpaired) electrons. The fourth-order valence-electron chi connectivity index (χ4n) is 2.13. The standard InChI is InChI=1S/C13H17BrN2O4S/c1-2-7-15(9-10-3-4-10)21(19,20)13-8-11(14)5-6-12(13)16(17)18/h5-6,8,10H,2-4,7,9H2,1H3. The Morgan fingerprint density at radius 3 is 2.62 bits per heavy atom. The smallest absolute Gasteiger partial charge is 0.258 e. The van der Waals surface area contributed by atoms with Crippen molar-refractivity contribution in [2.24, 2.45) is 5.92 Å². The molecule has 0 N–H and O–H groups in total. The quantitative estimate of drug-likeness (QED) is 0.540. The zero-order valence-corrected chi connectivity index (χ0v) is 14.1. The third-order valence-corrected chi connectivity index (χ3v) is 5.76. The van der Waals surface area contributed by atoms with Crippen molar-refractivity contribution in [3.05, 3.63) is 32.8 Å². The van der Waals surface area contributed by atoms with Crippen LogP contribution in [0.5, 0.6) is 0 Å². The molecule has 1 aromatic rings. The molecule has 1 aromatic carbocycles. The number of nitrogens with zero attached hydrogens (tertiary/aromatic N) is 2. The normalized spacial score (nSPS) is 15.4. The van der Waals surface area contributed by atoms with Crippen LogP contribution in [0.25, 0.3) is 0 Å².